The molecule has 2 amide bonds. The zero-order valence-electron chi connectivity index (χ0n) is 19.0. The molecule has 2 aliphatic rings. The fourth-order valence-corrected chi connectivity index (χ4v) is 5.34. The quantitative estimate of drug-likeness (QED) is 0.693. The number of amides is 2. The molecule has 0 radical (unpaired) electrons. The molecule has 0 bridgehead atoms. The Bertz CT molecular complexity index is 978. The van der Waals surface area contributed by atoms with Gasteiger partial charge in [-0.15, -0.1) is 0 Å². The number of benzene rings is 1. The molecule has 2 aromatic rings. The molecule has 1 fully saturated rings. The summed E-state index contributed by atoms with van der Waals surface area (Å²) in [6, 6.07) is 6.69. The highest BCUT2D eigenvalue weighted by molar-refractivity contribution is 5.73. The van der Waals surface area contributed by atoms with E-state index in [0.29, 0.717) is 5.92 Å². The first-order chi connectivity index (χ1) is 14.8. The van der Waals surface area contributed by atoms with E-state index in [-0.39, 0.29) is 23.3 Å². The molecule has 3 unspecified atom stereocenters. The highest BCUT2D eigenvalue weighted by atomic mass is 19.1. The largest absolute Gasteiger partial charge is 0.335 e. The van der Waals surface area contributed by atoms with Crippen LogP contribution in [0.4, 0.5) is 9.18 Å². The van der Waals surface area contributed by atoms with Crippen LogP contribution in [-0.4, -0.2) is 40.8 Å². The topological polar surface area (TPSA) is 50.2 Å². The Morgan fingerprint density at radius 1 is 1.35 bits per heavy atom. The van der Waals surface area contributed by atoms with Gasteiger partial charge in [0.05, 0.1) is 17.6 Å². The second-order valence-corrected chi connectivity index (χ2v) is 9.51. The number of hydrogen-bond acceptors (Lipinski definition) is 2. The van der Waals surface area contributed by atoms with Crippen molar-refractivity contribution in [3.8, 4) is 5.69 Å². The minimum absolute atomic E-state index is 0.0103. The molecule has 6 heteroatoms. The Morgan fingerprint density at radius 3 is 2.77 bits per heavy atom. The van der Waals surface area contributed by atoms with E-state index in [0.717, 1.165) is 49.9 Å². The summed E-state index contributed by atoms with van der Waals surface area (Å²) in [7, 11) is 3.58. The van der Waals surface area contributed by atoms with Crippen LogP contribution < -0.4 is 5.32 Å². The molecule has 1 aromatic heterocycles. The fraction of sp³-hybridized carbons (Fsp3) is 0.520. The summed E-state index contributed by atoms with van der Waals surface area (Å²) in [5.74, 6) is 0.289. The third-order valence-corrected chi connectivity index (χ3v) is 7.16. The minimum atomic E-state index is -0.239. The van der Waals surface area contributed by atoms with E-state index < -0.39 is 0 Å². The van der Waals surface area contributed by atoms with E-state index in [1.54, 1.807) is 31.1 Å². The standard InChI is InChI=1S/C25H33FN4O/c1-5-6-21(28-24(31)29(3)4)13-18-7-8-19-14-23-17(15-25(18,19)2)16-27-30(23)22-11-9-20(26)10-12-22/h9-12,14,16,18,21H,5-8,13,15H2,1-4H3,(H,28,31). The van der Waals surface area contributed by atoms with Crippen LogP contribution in [0.1, 0.15) is 57.2 Å². The van der Waals surface area contributed by atoms with Crippen molar-refractivity contribution in [3.63, 3.8) is 0 Å². The van der Waals surface area contributed by atoms with E-state index in [2.05, 4.69) is 30.3 Å². The monoisotopic (exact) mass is 424 g/mol. The average molecular weight is 425 g/mol. The molecule has 166 valence electrons. The van der Waals surface area contributed by atoms with Crippen LogP contribution in [0, 0.1) is 17.2 Å². The summed E-state index contributed by atoms with van der Waals surface area (Å²) in [6.45, 7) is 4.55. The van der Waals surface area contributed by atoms with E-state index in [4.69, 9.17) is 0 Å². The fourth-order valence-electron chi connectivity index (χ4n) is 5.34. The summed E-state index contributed by atoms with van der Waals surface area (Å²) in [5.41, 5.74) is 4.81. The van der Waals surface area contributed by atoms with E-state index in [1.165, 1.54) is 23.3 Å². The normalized spacial score (nSPS) is 23.0. The molecular weight excluding hydrogens is 391 g/mol. The predicted molar refractivity (Wildman–Crippen MR) is 122 cm³/mol. The van der Waals surface area contributed by atoms with Gasteiger partial charge in [0.2, 0.25) is 0 Å². The molecular formula is C25H33FN4O. The van der Waals surface area contributed by atoms with E-state index in [1.807, 2.05) is 10.9 Å². The molecule has 1 heterocycles. The SMILES string of the molecule is CCCC(CC1CCC2=Cc3c(cnn3-c3ccc(F)cc3)CC21C)NC(=O)N(C)C. The first kappa shape index (κ1) is 21.6. The summed E-state index contributed by atoms with van der Waals surface area (Å²) >= 11 is 0. The number of halogens is 1. The van der Waals surface area contributed by atoms with Crippen LogP contribution in [0.25, 0.3) is 11.8 Å². The summed E-state index contributed by atoms with van der Waals surface area (Å²) in [6.07, 6.45) is 10.5. The zero-order valence-corrected chi connectivity index (χ0v) is 19.0. The number of carbonyl (C=O) groups excluding carboxylic acids is 1. The smallest absolute Gasteiger partial charge is 0.317 e. The minimum Gasteiger partial charge on any atom is -0.335 e. The number of aromatic nitrogens is 2. The van der Waals surface area contributed by atoms with Crippen molar-refractivity contribution in [3.05, 3.63) is 53.1 Å². The average Bonchev–Trinajstić information content (AvgIpc) is 3.27. The highest BCUT2D eigenvalue weighted by Crippen LogP contribution is 2.54. The zero-order chi connectivity index (χ0) is 22.2. The predicted octanol–water partition coefficient (Wildman–Crippen LogP) is 5.20. The number of nitrogens with zero attached hydrogens (tertiary/aromatic N) is 3. The van der Waals surface area contributed by atoms with Gasteiger partial charge >= 0.3 is 6.03 Å². The molecule has 2 aliphatic carbocycles. The lowest BCUT2D eigenvalue weighted by Crippen LogP contribution is -2.43. The third-order valence-electron chi connectivity index (χ3n) is 7.16. The van der Waals surface area contributed by atoms with Gasteiger partial charge in [-0.05, 0) is 79.3 Å². The van der Waals surface area contributed by atoms with Gasteiger partial charge < -0.3 is 10.2 Å². The molecule has 4 rings (SSSR count). The summed E-state index contributed by atoms with van der Waals surface area (Å²) in [5, 5.41) is 7.84. The van der Waals surface area contributed by atoms with E-state index >= 15 is 0 Å². The maximum absolute atomic E-state index is 13.3. The van der Waals surface area contributed by atoms with Crippen molar-refractivity contribution in [1.29, 1.82) is 0 Å². The van der Waals surface area contributed by atoms with E-state index in [9.17, 15) is 9.18 Å². The molecule has 0 saturated heterocycles. The van der Waals surface area contributed by atoms with Crippen molar-refractivity contribution in [1.82, 2.24) is 20.0 Å². The molecule has 5 nitrogen and oxygen atoms in total. The van der Waals surface area contributed by atoms with Crippen LogP contribution >= 0.6 is 0 Å². The second kappa shape index (κ2) is 8.48. The van der Waals surface area contributed by atoms with Crippen molar-refractivity contribution >= 4 is 12.1 Å². The van der Waals surface area contributed by atoms with Gasteiger partial charge in [-0.2, -0.15) is 5.10 Å². The number of urea groups is 1. The summed E-state index contributed by atoms with van der Waals surface area (Å²) in [4.78, 5) is 13.9. The Kier molecular flexibility index (Phi) is 5.91. The maximum atomic E-state index is 13.3. The molecule has 3 atom stereocenters. The lowest BCUT2D eigenvalue weighted by atomic mass is 9.68. The van der Waals surface area contributed by atoms with Gasteiger partial charge in [0.15, 0.2) is 0 Å². The van der Waals surface area contributed by atoms with Crippen molar-refractivity contribution in [2.75, 3.05) is 14.1 Å². The molecule has 31 heavy (non-hydrogen) atoms. The van der Waals surface area contributed by atoms with Gasteiger partial charge in [0, 0.05) is 20.1 Å². The Labute approximate surface area is 184 Å². The van der Waals surface area contributed by atoms with Crippen LogP contribution in [-0.2, 0) is 6.42 Å². The first-order valence-electron chi connectivity index (χ1n) is 11.3. The van der Waals surface area contributed by atoms with Gasteiger partial charge in [-0.1, -0.05) is 25.8 Å². The Hall–Kier alpha value is -2.63. The van der Waals surface area contributed by atoms with Crippen molar-refractivity contribution in [2.24, 2.45) is 11.3 Å². The van der Waals surface area contributed by atoms with Crippen molar-refractivity contribution < 1.29 is 9.18 Å². The van der Waals surface area contributed by atoms with Crippen LogP contribution in [0.15, 0.2) is 36.0 Å². The number of carbonyl (C=O) groups is 1. The molecule has 0 spiro atoms. The number of nitrogens with one attached hydrogen (secondary N) is 1. The number of hydrogen-bond donors (Lipinski definition) is 1. The van der Waals surface area contributed by atoms with Gasteiger partial charge in [-0.25, -0.2) is 13.9 Å². The number of rotatable bonds is 6. The highest BCUT2D eigenvalue weighted by Gasteiger charge is 2.46. The lowest BCUT2D eigenvalue weighted by molar-refractivity contribution is 0.197. The number of fused-ring (bicyclic) bond motifs is 2. The van der Waals surface area contributed by atoms with Gasteiger partial charge in [0.25, 0.3) is 0 Å². The van der Waals surface area contributed by atoms with Gasteiger partial charge in [0.1, 0.15) is 5.82 Å². The van der Waals surface area contributed by atoms with Gasteiger partial charge in [-0.3, -0.25) is 0 Å². The van der Waals surface area contributed by atoms with Crippen LogP contribution in [0.5, 0.6) is 0 Å². The van der Waals surface area contributed by atoms with Crippen LogP contribution in [0.2, 0.25) is 0 Å². The van der Waals surface area contributed by atoms with Crippen LogP contribution in [0.3, 0.4) is 0 Å². The molecule has 1 aromatic carbocycles. The third kappa shape index (κ3) is 4.12. The Balaban J connectivity index is 1.56. The number of allylic oxidation sites excluding steroid dienone is 1. The molecule has 0 aliphatic heterocycles. The lowest BCUT2D eigenvalue weighted by Gasteiger charge is -2.37. The first-order valence-corrected chi connectivity index (χ1v) is 11.3. The second-order valence-electron chi connectivity index (χ2n) is 9.51. The molecule has 1 saturated carbocycles. The summed E-state index contributed by atoms with van der Waals surface area (Å²) < 4.78 is 15.3. The maximum Gasteiger partial charge on any atom is 0.317 e. The molecule has 1 N–H and O–H groups in total. The van der Waals surface area contributed by atoms with Crippen molar-refractivity contribution in [2.45, 2.75) is 58.4 Å². The Morgan fingerprint density at radius 2 is 2.10 bits per heavy atom.